The van der Waals surface area contributed by atoms with Crippen LogP contribution in [0, 0.1) is 0 Å². The van der Waals surface area contributed by atoms with Gasteiger partial charge in [0, 0.05) is 24.2 Å². The van der Waals surface area contributed by atoms with Crippen molar-refractivity contribution in [3.05, 3.63) is 94.5 Å². The number of benzene rings is 2. The average molecular weight is 410 g/mol. The van der Waals surface area contributed by atoms with E-state index in [1.807, 2.05) is 12.1 Å². The van der Waals surface area contributed by atoms with Crippen LogP contribution >= 0.6 is 0 Å². The first-order valence-corrected chi connectivity index (χ1v) is 10.1. The number of hydrogen-bond acceptors (Lipinski definition) is 6. The zero-order valence-electron chi connectivity index (χ0n) is 15.2. The van der Waals surface area contributed by atoms with Crippen molar-refractivity contribution in [3.63, 3.8) is 0 Å². The van der Waals surface area contributed by atoms with E-state index in [0.29, 0.717) is 12.1 Å². The number of allylic oxidation sites excluding steroid dienone is 2. The summed E-state index contributed by atoms with van der Waals surface area (Å²) in [4.78, 5) is 23.9. The highest BCUT2D eigenvalue weighted by Gasteiger charge is 2.06. The van der Waals surface area contributed by atoms with Gasteiger partial charge in [0.1, 0.15) is 5.58 Å². The van der Waals surface area contributed by atoms with Gasteiger partial charge < -0.3 is 9.73 Å². The van der Waals surface area contributed by atoms with Crippen molar-refractivity contribution in [2.24, 2.45) is 5.14 Å². The molecule has 0 aliphatic rings. The lowest BCUT2D eigenvalue weighted by molar-refractivity contribution is -0.110. The number of nitrogens with two attached hydrogens (primary N) is 1. The van der Waals surface area contributed by atoms with Crippen LogP contribution in [0.1, 0.15) is 11.1 Å². The Balaban J connectivity index is 1.57. The molecule has 0 fully saturated rings. The number of fused-ring (bicyclic) bond motifs is 1. The van der Waals surface area contributed by atoms with Gasteiger partial charge in [0.15, 0.2) is 5.78 Å². The first-order chi connectivity index (χ1) is 13.8. The topological polar surface area (TPSA) is 119 Å². The molecule has 0 aliphatic heterocycles. The van der Waals surface area contributed by atoms with Crippen LogP contribution in [0.3, 0.4) is 0 Å². The molecule has 0 aliphatic carbocycles. The summed E-state index contributed by atoms with van der Waals surface area (Å²) in [5.74, 6) is -0.311. The summed E-state index contributed by atoms with van der Waals surface area (Å²) in [5.41, 5.74) is 1.08. The number of ketones is 1. The normalized spacial score (nSPS) is 12.0. The molecule has 0 bridgehead atoms. The molecular formula is C21H18N2O5S. The SMILES string of the molecule is NS(=O)(=O)c1ccc(CN/C=C/C(=O)/C=C/c2cc3ccccc3oc2=O)cc1. The lowest BCUT2D eigenvalue weighted by Crippen LogP contribution is -2.12. The molecule has 0 radical (unpaired) electrons. The van der Waals surface area contributed by atoms with Crippen molar-refractivity contribution in [1.29, 1.82) is 0 Å². The fraction of sp³-hybridized carbons (Fsp3) is 0.0476. The molecule has 0 saturated carbocycles. The average Bonchev–Trinajstić information content (AvgIpc) is 2.69. The van der Waals surface area contributed by atoms with Crippen LogP contribution in [-0.4, -0.2) is 14.2 Å². The fourth-order valence-electron chi connectivity index (χ4n) is 2.54. The van der Waals surface area contributed by atoms with Gasteiger partial charge in [-0.2, -0.15) is 0 Å². The molecule has 3 N–H and O–H groups in total. The van der Waals surface area contributed by atoms with Gasteiger partial charge in [0.05, 0.1) is 10.5 Å². The summed E-state index contributed by atoms with van der Waals surface area (Å²) >= 11 is 0. The summed E-state index contributed by atoms with van der Waals surface area (Å²) in [5, 5.41) is 8.74. The maximum absolute atomic E-state index is 11.9. The Kier molecular flexibility index (Phi) is 6.06. The first-order valence-electron chi connectivity index (χ1n) is 8.59. The van der Waals surface area contributed by atoms with Gasteiger partial charge >= 0.3 is 5.63 Å². The van der Waals surface area contributed by atoms with Crippen molar-refractivity contribution < 1.29 is 17.6 Å². The first kappa shape index (κ1) is 20.2. The summed E-state index contributed by atoms with van der Waals surface area (Å²) < 4.78 is 27.6. The van der Waals surface area contributed by atoms with E-state index in [4.69, 9.17) is 9.56 Å². The second kappa shape index (κ2) is 8.68. The quantitative estimate of drug-likeness (QED) is 0.456. The molecule has 1 aromatic heterocycles. The molecule has 0 saturated heterocycles. The van der Waals surface area contributed by atoms with Crippen LogP contribution in [0.2, 0.25) is 0 Å². The number of primary sulfonamides is 1. The number of rotatable bonds is 7. The summed E-state index contributed by atoms with van der Waals surface area (Å²) in [6.07, 6.45) is 5.48. The standard InChI is InChI=1S/C21H18N2O5S/c22-29(26,27)19-9-5-15(6-10-19)14-23-12-11-18(24)8-7-17-13-16-3-1-2-4-20(16)28-21(17)25/h1-13,23H,14H2,(H2,22,26,27)/b8-7+,12-11+. The predicted molar refractivity (Wildman–Crippen MR) is 110 cm³/mol. The molecule has 1 heterocycles. The molecule has 0 spiro atoms. The highest BCUT2D eigenvalue weighted by atomic mass is 32.2. The molecule has 3 rings (SSSR count). The van der Waals surface area contributed by atoms with Crippen LogP contribution < -0.4 is 16.1 Å². The monoisotopic (exact) mass is 410 g/mol. The van der Waals surface area contributed by atoms with E-state index in [9.17, 15) is 18.0 Å². The van der Waals surface area contributed by atoms with Crippen LogP contribution in [0.15, 0.2) is 87.1 Å². The van der Waals surface area contributed by atoms with Gasteiger partial charge in [-0.15, -0.1) is 0 Å². The molecule has 2 aromatic carbocycles. The highest BCUT2D eigenvalue weighted by Crippen LogP contribution is 2.13. The van der Waals surface area contributed by atoms with Crippen molar-refractivity contribution in [1.82, 2.24) is 5.32 Å². The second-order valence-corrected chi connectivity index (χ2v) is 7.73. The highest BCUT2D eigenvalue weighted by molar-refractivity contribution is 7.89. The van der Waals surface area contributed by atoms with Gasteiger partial charge in [-0.1, -0.05) is 30.3 Å². The summed E-state index contributed by atoms with van der Waals surface area (Å²) in [7, 11) is -3.72. The van der Waals surface area contributed by atoms with Crippen LogP contribution in [0.25, 0.3) is 17.0 Å². The Morgan fingerprint density at radius 2 is 1.79 bits per heavy atom. The molecule has 29 heavy (non-hydrogen) atoms. The van der Waals surface area contributed by atoms with Crippen molar-refractivity contribution in [3.8, 4) is 0 Å². The van der Waals surface area contributed by atoms with Gasteiger partial charge in [-0.05, 0) is 42.0 Å². The van der Waals surface area contributed by atoms with E-state index in [2.05, 4.69) is 5.32 Å². The molecule has 148 valence electrons. The zero-order valence-corrected chi connectivity index (χ0v) is 16.1. The number of sulfonamides is 1. The molecule has 3 aromatic rings. The Hall–Kier alpha value is -3.49. The maximum atomic E-state index is 11.9. The third-order valence-electron chi connectivity index (χ3n) is 4.02. The number of carbonyl (C=O) groups excluding carboxylic acids is 1. The lowest BCUT2D eigenvalue weighted by atomic mass is 10.1. The van der Waals surface area contributed by atoms with Crippen molar-refractivity contribution >= 4 is 32.9 Å². The largest absolute Gasteiger partial charge is 0.422 e. The van der Waals surface area contributed by atoms with E-state index in [-0.39, 0.29) is 16.2 Å². The van der Waals surface area contributed by atoms with E-state index in [1.165, 1.54) is 36.6 Å². The maximum Gasteiger partial charge on any atom is 0.343 e. The fourth-order valence-corrected chi connectivity index (χ4v) is 3.05. The third-order valence-corrected chi connectivity index (χ3v) is 4.95. The van der Waals surface area contributed by atoms with E-state index < -0.39 is 15.6 Å². The van der Waals surface area contributed by atoms with Gasteiger partial charge in [0.25, 0.3) is 0 Å². The number of hydrogen-bond donors (Lipinski definition) is 2. The number of nitrogens with one attached hydrogen (secondary N) is 1. The molecular weight excluding hydrogens is 392 g/mol. The molecule has 0 amide bonds. The van der Waals surface area contributed by atoms with Crippen molar-refractivity contribution in [2.75, 3.05) is 0 Å². The third kappa shape index (κ3) is 5.50. The van der Waals surface area contributed by atoms with Gasteiger partial charge in [0.2, 0.25) is 10.0 Å². The Labute approximate surface area is 167 Å². The Bertz CT molecular complexity index is 1260. The van der Waals surface area contributed by atoms with E-state index in [0.717, 1.165) is 10.9 Å². The molecule has 0 unspecified atom stereocenters. The molecule has 8 heteroatoms. The lowest BCUT2D eigenvalue weighted by Gasteiger charge is -2.02. The van der Waals surface area contributed by atoms with Crippen LogP contribution in [0.4, 0.5) is 0 Å². The van der Waals surface area contributed by atoms with Gasteiger partial charge in [-0.25, -0.2) is 18.4 Å². The minimum absolute atomic E-state index is 0.0373. The predicted octanol–water partition coefficient (Wildman–Crippen LogP) is 2.33. The number of para-hydroxylation sites is 1. The zero-order chi connectivity index (χ0) is 20.9. The molecule has 7 nitrogen and oxygen atoms in total. The van der Waals surface area contributed by atoms with Gasteiger partial charge in [-0.3, -0.25) is 4.79 Å². The minimum Gasteiger partial charge on any atom is -0.422 e. The van der Waals surface area contributed by atoms with E-state index >= 15 is 0 Å². The summed E-state index contributed by atoms with van der Waals surface area (Å²) in [6.45, 7) is 0.395. The minimum atomic E-state index is -3.72. The van der Waals surface area contributed by atoms with Crippen LogP contribution in [-0.2, 0) is 21.4 Å². The Morgan fingerprint density at radius 3 is 2.52 bits per heavy atom. The Morgan fingerprint density at radius 1 is 1.07 bits per heavy atom. The van der Waals surface area contributed by atoms with Crippen molar-refractivity contribution in [2.45, 2.75) is 11.4 Å². The smallest absolute Gasteiger partial charge is 0.343 e. The second-order valence-electron chi connectivity index (χ2n) is 6.17. The molecule has 0 atom stereocenters. The van der Waals surface area contributed by atoms with E-state index in [1.54, 1.807) is 30.3 Å². The van der Waals surface area contributed by atoms with Crippen LogP contribution in [0.5, 0.6) is 0 Å². The number of carbonyl (C=O) groups is 1. The summed E-state index contributed by atoms with van der Waals surface area (Å²) in [6, 6.07) is 14.9.